The molecular formula is C18H17ClF3NO2. The molecule has 0 saturated carbocycles. The number of carbonyl (C=O) groups excluding carboxylic acids is 1. The van der Waals surface area contributed by atoms with Crippen LogP contribution in [-0.2, 0) is 6.18 Å². The Bertz CT molecular complexity index is 743. The molecule has 0 fully saturated rings. The molecule has 0 radical (unpaired) electrons. The third-order valence-corrected chi connectivity index (χ3v) is 3.47. The second-order valence-corrected chi connectivity index (χ2v) is 6.31. The molecule has 0 saturated heterocycles. The van der Waals surface area contributed by atoms with Crippen LogP contribution in [0.25, 0.3) is 0 Å². The Labute approximate surface area is 148 Å². The molecule has 0 heterocycles. The molecule has 134 valence electrons. The van der Waals surface area contributed by atoms with Gasteiger partial charge in [-0.2, -0.15) is 13.2 Å². The third kappa shape index (κ3) is 5.39. The average molecular weight is 372 g/mol. The van der Waals surface area contributed by atoms with Gasteiger partial charge in [0.2, 0.25) is 0 Å². The van der Waals surface area contributed by atoms with E-state index in [1.165, 1.54) is 18.2 Å². The minimum absolute atomic E-state index is 0.0584. The van der Waals surface area contributed by atoms with Gasteiger partial charge < -0.3 is 10.1 Å². The van der Waals surface area contributed by atoms with Crippen LogP contribution in [0.4, 0.5) is 18.9 Å². The van der Waals surface area contributed by atoms with E-state index in [9.17, 15) is 18.0 Å². The van der Waals surface area contributed by atoms with E-state index in [1.54, 1.807) is 12.1 Å². The number of alkyl halides is 3. The Balaban J connectivity index is 2.15. The summed E-state index contributed by atoms with van der Waals surface area (Å²) < 4.78 is 44.7. The molecule has 0 unspecified atom stereocenters. The molecule has 0 aliphatic carbocycles. The average Bonchev–Trinajstić information content (AvgIpc) is 2.54. The van der Waals surface area contributed by atoms with Gasteiger partial charge in [-0.05, 0) is 48.4 Å². The maximum absolute atomic E-state index is 13.1. The largest absolute Gasteiger partial charge is 0.493 e. The summed E-state index contributed by atoms with van der Waals surface area (Å²) >= 11 is 5.62. The molecule has 0 atom stereocenters. The number of amides is 1. The molecule has 0 spiro atoms. The second-order valence-electron chi connectivity index (χ2n) is 5.87. The van der Waals surface area contributed by atoms with Crippen molar-refractivity contribution in [1.82, 2.24) is 0 Å². The number of ether oxygens (including phenoxy) is 1. The minimum Gasteiger partial charge on any atom is -0.493 e. The number of anilines is 1. The zero-order valence-electron chi connectivity index (χ0n) is 13.7. The first kappa shape index (κ1) is 19.1. The van der Waals surface area contributed by atoms with Crippen LogP contribution in [0.5, 0.6) is 5.75 Å². The van der Waals surface area contributed by atoms with Crippen LogP contribution in [-0.4, -0.2) is 12.5 Å². The fourth-order valence-electron chi connectivity index (χ4n) is 2.02. The maximum atomic E-state index is 13.1. The van der Waals surface area contributed by atoms with E-state index in [1.807, 2.05) is 13.8 Å². The van der Waals surface area contributed by atoms with Gasteiger partial charge >= 0.3 is 6.18 Å². The Morgan fingerprint density at radius 1 is 1.16 bits per heavy atom. The summed E-state index contributed by atoms with van der Waals surface area (Å²) in [7, 11) is 0. The van der Waals surface area contributed by atoms with E-state index >= 15 is 0 Å². The lowest BCUT2D eigenvalue weighted by Crippen LogP contribution is -2.16. The van der Waals surface area contributed by atoms with Gasteiger partial charge in [-0.3, -0.25) is 4.79 Å². The highest BCUT2D eigenvalue weighted by Gasteiger charge is 2.34. The Kier molecular flexibility index (Phi) is 5.95. The van der Waals surface area contributed by atoms with Crippen molar-refractivity contribution < 1.29 is 22.7 Å². The van der Waals surface area contributed by atoms with Gasteiger partial charge in [0.25, 0.3) is 5.91 Å². The number of carbonyl (C=O) groups is 1. The highest BCUT2D eigenvalue weighted by Crippen LogP contribution is 2.36. The fourth-order valence-corrected chi connectivity index (χ4v) is 2.19. The fraction of sp³-hybridized carbons (Fsp3) is 0.278. The normalized spacial score (nSPS) is 11.5. The summed E-state index contributed by atoms with van der Waals surface area (Å²) in [5, 5.41) is 2.21. The minimum atomic E-state index is -4.62. The van der Waals surface area contributed by atoms with Crippen molar-refractivity contribution in [3.8, 4) is 5.75 Å². The van der Waals surface area contributed by atoms with Crippen LogP contribution in [0.1, 0.15) is 29.8 Å². The Morgan fingerprint density at radius 3 is 2.36 bits per heavy atom. The van der Waals surface area contributed by atoms with Gasteiger partial charge in [0.05, 0.1) is 17.9 Å². The van der Waals surface area contributed by atoms with Crippen molar-refractivity contribution in [3.05, 3.63) is 58.6 Å². The lowest BCUT2D eigenvalue weighted by atomic mass is 10.1. The molecule has 2 aromatic rings. The quantitative estimate of drug-likeness (QED) is 0.738. The van der Waals surface area contributed by atoms with Crippen LogP contribution in [0.15, 0.2) is 42.5 Å². The van der Waals surface area contributed by atoms with Gasteiger partial charge in [-0.25, -0.2) is 0 Å². The summed E-state index contributed by atoms with van der Waals surface area (Å²) in [5.74, 6) is 0.296. The number of hydrogen-bond donors (Lipinski definition) is 1. The molecule has 25 heavy (non-hydrogen) atoms. The second kappa shape index (κ2) is 7.78. The summed E-state index contributed by atoms with van der Waals surface area (Å²) in [4.78, 5) is 12.2. The van der Waals surface area contributed by atoms with Crippen molar-refractivity contribution in [3.63, 3.8) is 0 Å². The van der Waals surface area contributed by atoms with Crippen LogP contribution in [0, 0.1) is 5.92 Å². The zero-order valence-corrected chi connectivity index (χ0v) is 14.4. The zero-order chi connectivity index (χ0) is 18.6. The first-order valence-electron chi connectivity index (χ1n) is 7.58. The number of halogens is 4. The third-order valence-electron chi connectivity index (χ3n) is 3.24. The summed E-state index contributed by atoms with van der Waals surface area (Å²) in [6.07, 6.45) is -4.62. The van der Waals surface area contributed by atoms with Crippen LogP contribution in [0.2, 0.25) is 5.02 Å². The first-order valence-corrected chi connectivity index (χ1v) is 7.95. The lowest BCUT2D eigenvalue weighted by Gasteiger charge is -2.14. The lowest BCUT2D eigenvalue weighted by molar-refractivity contribution is -0.136. The van der Waals surface area contributed by atoms with E-state index in [2.05, 4.69) is 5.32 Å². The molecule has 0 aliphatic rings. The molecule has 0 aliphatic heterocycles. The molecule has 0 aromatic heterocycles. The van der Waals surface area contributed by atoms with Gasteiger partial charge in [0.15, 0.2) is 0 Å². The predicted molar refractivity (Wildman–Crippen MR) is 91.2 cm³/mol. The van der Waals surface area contributed by atoms with E-state index in [0.29, 0.717) is 18.3 Å². The molecule has 0 bridgehead atoms. The number of benzene rings is 2. The van der Waals surface area contributed by atoms with E-state index in [0.717, 1.165) is 12.1 Å². The molecular weight excluding hydrogens is 355 g/mol. The maximum Gasteiger partial charge on any atom is 0.418 e. The van der Waals surface area contributed by atoms with Crippen LogP contribution in [0.3, 0.4) is 0 Å². The molecule has 1 amide bonds. The van der Waals surface area contributed by atoms with Crippen molar-refractivity contribution >= 4 is 23.2 Å². The van der Waals surface area contributed by atoms with E-state index < -0.39 is 17.6 Å². The molecule has 1 N–H and O–H groups in total. The summed E-state index contributed by atoms with van der Waals surface area (Å²) in [6, 6.07) is 9.38. The monoisotopic (exact) mass is 371 g/mol. The molecule has 2 rings (SSSR count). The Hall–Kier alpha value is -2.21. The first-order chi connectivity index (χ1) is 11.7. The number of rotatable bonds is 5. The number of hydrogen-bond acceptors (Lipinski definition) is 2. The van der Waals surface area contributed by atoms with Crippen molar-refractivity contribution in [2.45, 2.75) is 20.0 Å². The number of nitrogens with one attached hydrogen (secondary N) is 1. The van der Waals surface area contributed by atoms with Crippen molar-refractivity contribution in [2.75, 3.05) is 11.9 Å². The highest BCUT2D eigenvalue weighted by molar-refractivity contribution is 6.30. The van der Waals surface area contributed by atoms with Gasteiger partial charge in [-0.1, -0.05) is 25.4 Å². The standard InChI is InChI=1S/C18H17ClF3NO2/c1-11(2)10-25-14-6-3-12(4-7-14)17(24)23-16-8-5-13(19)9-15(16)18(20,21)22/h3-9,11H,10H2,1-2H3,(H,23,24). The van der Waals surface area contributed by atoms with Gasteiger partial charge in [-0.15, -0.1) is 0 Å². The smallest absolute Gasteiger partial charge is 0.418 e. The van der Waals surface area contributed by atoms with E-state index in [-0.39, 0.29) is 16.3 Å². The SMILES string of the molecule is CC(C)COc1ccc(C(=O)Nc2ccc(Cl)cc2C(F)(F)F)cc1. The van der Waals surface area contributed by atoms with Crippen molar-refractivity contribution in [2.24, 2.45) is 5.92 Å². The van der Waals surface area contributed by atoms with Crippen LogP contribution < -0.4 is 10.1 Å². The summed E-state index contributed by atoms with van der Waals surface area (Å²) in [5.41, 5.74) is -1.12. The Morgan fingerprint density at radius 2 is 1.80 bits per heavy atom. The van der Waals surface area contributed by atoms with E-state index in [4.69, 9.17) is 16.3 Å². The molecule has 7 heteroatoms. The summed E-state index contributed by atoms with van der Waals surface area (Å²) in [6.45, 7) is 4.55. The molecule has 2 aromatic carbocycles. The van der Waals surface area contributed by atoms with Gasteiger partial charge in [0.1, 0.15) is 5.75 Å². The van der Waals surface area contributed by atoms with Crippen LogP contribution >= 0.6 is 11.6 Å². The predicted octanol–water partition coefficient (Wildman–Crippen LogP) is 5.65. The highest BCUT2D eigenvalue weighted by atomic mass is 35.5. The van der Waals surface area contributed by atoms with Gasteiger partial charge in [0, 0.05) is 10.6 Å². The van der Waals surface area contributed by atoms with Crippen molar-refractivity contribution in [1.29, 1.82) is 0 Å². The molecule has 3 nitrogen and oxygen atoms in total. The topological polar surface area (TPSA) is 38.3 Å².